The van der Waals surface area contributed by atoms with E-state index in [1.807, 2.05) is 30.5 Å². The van der Waals surface area contributed by atoms with Gasteiger partial charge in [-0.15, -0.1) is 0 Å². The molecule has 0 radical (unpaired) electrons. The van der Waals surface area contributed by atoms with Crippen molar-refractivity contribution >= 4 is 27.5 Å². The second-order valence-electron chi connectivity index (χ2n) is 6.08. The van der Waals surface area contributed by atoms with Crippen molar-refractivity contribution in [2.24, 2.45) is 4.99 Å². The van der Waals surface area contributed by atoms with Crippen molar-refractivity contribution in [1.82, 2.24) is 14.3 Å². The van der Waals surface area contributed by atoms with Crippen LogP contribution in [0, 0.1) is 6.92 Å². The number of rotatable bonds is 7. The van der Waals surface area contributed by atoms with E-state index in [1.165, 1.54) is 11.3 Å². The molecule has 150 valence electrons. The van der Waals surface area contributed by atoms with Gasteiger partial charge < -0.3 is 18.8 Å². The average molecular weight is 404 g/mol. The number of methoxy groups -OCH3 is 3. The minimum atomic E-state index is -0.383. The van der Waals surface area contributed by atoms with E-state index >= 15 is 0 Å². The fourth-order valence-corrected chi connectivity index (χ4v) is 4.17. The Morgan fingerprint density at radius 1 is 1.21 bits per heavy atom. The third-order valence-electron chi connectivity index (χ3n) is 4.41. The summed E-state index contributed by atoms with van der Waals surface area (Å²) in [5, 5.41) is 4.33. The van der Waals surface area contributed by atoms with E-state index in [1.54, 1.807) is 32.1 Å². The summed E-state index contributed by atoms with van der Waals surface area (Å²) in [5.74, 6) is 1.00. The summed E-state index contributed by atoms with van der Waals surface area (Å²) in [4.78, 5) is 17.7. The topological polar surface area (TPSA) is 79.9 Å². The standard InChI is InChI=1S/C19H24N4O4S/c1-6-23-12(2)11-13(21-23)18(24)20-19-22(9-10-25-3)16-14(26-4)7-8-15(27-5)17(16)28-19/h7-8,11H,6,9-10H2,1-5H3. The number of aryl methyl sites for hydroxylation is 2. The van der Waals surface area contributed by atoms with Crippen molar-refractivity contribution in [2.75, 3.05) is 27.9 Å². The van der Waals surface area contributed by atoms with Crippen molar-refractivity contribution in [3.8, 4) is 11.5 Å². The number of thiazole rings is 1. The van der Waals surface area contributed by atoms with E-state index in [9.17, 15) is 4.79 Å². The number of ether oxygens (including phenoxy) is 3. The Kier molecular flexibility index (Phi) is 6.15. The lowest BCUT2D eigenvalue weighted by Gasteiger charge is -2.09. The van der Waals surface area contributed by atoms with Crippen LogP contribution < -0.4 is 14.3 Å². The molecule has 0 fully saturated rings. The fraction of sp³-hybridized carbons (Fsp3) is 0.421. The molecule has 8 nitrogen and oxygen atoms in total. The Morgan fingerprint density at radius 2 is 1.93 bits per heavy atom. The number of hydrogen-bond donors (Lipinski definition) is 0. The first kappa shape index (κ1) is 20.1. The van der Waals surface area contributed by atoms with Crippen LogP contribution in [-0.4, -0.2) is 48.2 Å². The normalized spacial score (nSPS) is 12.0. The molecule has 2 aromatic heterocycles. The van der Waals surface area contributed by atoms with E-state index in [0.29, 0.717) is 41.7 Å². The lowest BCUT2D eigenvalue weighted by Crippen LogP contribution is -2.19. The van der Waals surface area contributed by atoms with E-state index in [2.05, 4.69) is 10.1 Å². The molecule has 9 heteroatoms. The first-order valence-electron chi connectivity index (χ1n) is 8.90. The van der Waals surface area contributed by atoms with Crippen molar-refractivity contribution < 1.29 is 19.0 Å². The molecule has 1 amide bonds. The van der Waals surface area contributed by atoms with E-state index in [-0.39, 0.29) is 5.91 Å². The van der Waals surface area contributed by atoms with Gasteiger partial charge in [0.05, 0.1) is 20.8 Å². The lowest BCUT2D eigenvalue weighted by molar-refractivity contribution is 0.0992. The van der Waals surface area contributed by atoms with Crippen molar-refractivity contribution in [2.45, 2.75) is 26.9 Å². The maximum atomic E-state index is 12.8. The van der Waals surface area contributed by atoms with Crippen LogP contribution >= 0.6 is 11.3 Å². The van der Waals surface area contributed by atoms with Crippen LogP contribution in [0.4, 0.5) is 0 Å². The number of aromatic nitrogens is 3. The SMILES string of the molecule is CCn1nc(C(=O)N=c2sc3c(OC)ccc(OC)c3n2CCOC)cc1C. The van der Waals surface area contributed by atoms with Crippen molar-refractivity contribution in [3.05, 3.63) is 34.4 Å². The molecule has 0 N–H and O–H groups in total. The van der Waals surface area contributed by atoms with Crippen LogP contribution in [0.25, 0.3) is 10.2 Å². The summed E-state index contributed by atoms with van der Waals surface area (Å²) in [6, 6.07) is 5.44. The molecule has 2 heterocycles. The molecule has 0 aliphatic carbocycles. The Hall–Kier alpha value is -2.65. The van der Waals surface area contributed by atoms with E-state index in [0.717, 1.165) is 15.9 Å². The monoisotopic (exact) mass is 404 g/mol. The van der Waals surface area contributed by atoms with Gasteiger partial charge in [0.1, 0.15) is 21.7 Å². The number of hydrogen-bond acceptors (Lipinski definition) is 6. The van der Waals surface area contributed by atoms with Crippen LogP contribution in [0.3, 0.4) is 0 Å². The average Bonchev–Trinajstić information content (AvgIpc) is 3.25. The summed E-state index contributed by atoms with van der Waals surface area (Å²) in [5.41, 5.74) is 2.08. The number of carbonyl (C=O) groups is 1. The van der Waals surface area contributed by atoms with E-state index in [4.69, 9.17) is 14.2 Å². The van der Waals surface area contributed by atoms with Gasteiger partial charge in [0.25, 0.3) is 5.91 Å². The lowest BCUT2D eigenvalue weighted by atomic mass is 10.3. The molecule has 0 bridgehead atoms. The smallest absolute Gasteiger partial charge is 0.300 e. The van der Waals surface area contributed by atoms with Gasteiger partial charge in [0.2, 0.25) is 0 Å². The van der Waals surface area contributed by atoms with E-state index < -0.39 is 0 Å². The number of amides is 1. The predicted molar refractivity (Wildman–Crippen MR) is 107 cm³/mol. The molecule has 0 unspecified atom stereocenters. The highest BCUT2D eigenvalue weighted by molar-refractivity contribution is 7.16. The molecule has 0 spiro atoms. The van der Waals surface area contributed by atoms with Crippen LogP contribution in [0.2, 0.25) is 0 Å². The molecule has 0 saturated carbocycles. The van der Waals surface area contributed by atoms with Gasteiger partial charge in [0, 0.05) is 25.9 Å². The van der Waals surface area contributed by atoms with Gasteiger partial charge in [-0.25, -0.2) is 0 Å². The quantitative estimate of drug-likeness (QED) is 0.605. The van der Waals surface area contributed by atoms with Crippen molar-refractivity contribution in [3.63, 3.8) is 0 Å². The summed E-state index contributed by atoms with van der Waals surface area (Å²) in [6.07, 6.45) is 0. The van der Waals surface area contributed by atoms with Gasteiger partial charge in [-0.2, -0.15) is 10.1 Å². The molecule has 0 atom stereocenters. The number of benzene rings is 1. The highest BCUT2D eigenvalue weighted by Gasteiger charge is 2.18. The Bertz CT molecular complexity index is 1060. The van der Waals surface area contributed by atoms with Crippen LogP contribution in [0.5, 0.6) is 11.5 Å². The van der Waals surface area contributed by atoms with Crippen LogP contribution in [0.15, 0.2) is 23.2 Å². The van der Waals surface area contributed by atoms with Crippen LogP contribution in [0.1, 0.15) is 23.1 Å². The molecular formula is C19H24N4O4S. The minimum absolute atomic E-state index is 0.328. The first-order chi connectivity index (χ1) is 13.5. The van der Waals surface area contributed by atoms with Gasteiger partial charge >= 0.3 is 0 Å². The molecule has 0 saturated heterocycles. The maximum absolute atomic E-state index is 12.8. The molecule has 1 aromatic carbocycles. The zero-order chi connectivity index (χ0) is 20.3. The van der Waals surface area contributed by atoms with Crippen molar-refractivity contribution in [1.29, 1.82) is 0 Å². The van der Waals surface area contributed by atoms with Crippen LogP contribution in [-0.2, 0) is 17.8 Å². The summed E-state index contributed by atoms with van der Waals surface area (Å²) in [6.45, 7) is 5.59. The number of nitrogens with zero attached hydrogens (tertiary/aromatic N) is 4. The molecule has 0 aliphatic heterocycles. The fourth-order valence-electron chi connectivity index (χ4n) is 3.01. The Balaban J connectivity index is 2.20. The molecular weight excluding hydrogens is 380 g/mol. The van der Waals surface area contributed by atoms with Gasteiger partial charge in [0.15, 0.2) is 10.5 Å². The van der Waals surface area contributed by atoms with Gasteiger partial charge in [-0.3, -0.25) is 9.48 Å². The molecule has 3 aromatic rings. The minimum Gasteiger partial charge on any atom is -0.495 e. The summed E-state index contributed by atoms with van der Waals surface area (Å²) >= 11 is 1.38. The zero-order valence-electron chi connectivity index (χ0n) is 16.7. The summed E-state index contributed by atoms with van der Waals surface area (Å²) in [7, 11) is 4.86. The highest BCUT2D eigenvalue weighted by Crippen LogP contribution is 2.35. The molecule has 3 rings (SSSR count). The predicted octanol–water partition coefficient (Wildman–Crippen LogP) is 2.63. The summed E-state index contributed by atoms with van der Waals surface area (Å²) < 4.78 is 20.8. The zero-order valence-corrected chi connectivity index (χ0v) is 17.5. The first-order valence-corrected chi connectivity index (χ1v) is 9.72. The largest absolute Gasteiger partial charge is 0.495 e. The second kappa shape index (κ2) is 8.57. The van der Waals surface area contributed by atoms with Gasteiger partial charge in [-0.05, 0) is 32.0 Å². The molecule has 0 aliphatic rings. The second-order valence-corrected chi connectivity index (χ2v) is 7.06. The highest BCUT2D eigenvalue weighted by atomic mass is 32.1. The number of carbonyl (C=O) groups excluding carboxylic acids is 1. The Labute approximate surface area is 167 Å². The Morgan fingerprint density at radius 3 is 2.54 bits per heavy atom. The van der Waals surface area contributed by atoms with Gasteiger partial charge in [-0.1, -0.05) is 11.3 Å². The third kappa shape index (κ3) is 3.67. The third-order valence-corrected chi connectivity index (χ3v) is 5.50. The maximum Gasteiger partial charge on any atom is 0.300 e. The molecule has 28 heavy (non-hydrogen) atoms. The number of fused-ring (bicyclic) bond motifs is 1.